The van der Waals surface area contributed by atoms with Crippen molar-refractivity contribution in [1.82, 2.24) is 15.1 Å². The van der Waals surface area contributed by atoms with E-state index in [2.05, 4.69) is 15.1 Å². The minimum atomic E-state index is 0.162. The molecule has 148 valence electrons. The van der Waals surface area contributed by atoms with E-state index in [-0.39, 0.29) is 11.8 Å². The molecule has 0 spiro atoms. The van der Waals surface area contributed by atoms with E-state index in [1.165, 1.54) is 19.3 Å². The van der Waals surface area contributed by atoms with Crippen LogP contribution in [-0.2, 0) is 14.3 Å². The van der Waals surface area contributed by atoms with Crippen molar-refractivity contribution >= 4 is 11.8 Å². The van der Waals surface area contributed by atoms with E-state index in [9.17, 15) is 9.59 Å². The van der Waals surface area contributed by atoms with Gasteiger partial charge in [-0.05, 0) is 31.6 Å². The minimum Gasteiger partial charge on any atom is -0.379 e. The number of carbonyl (C=O) groups is 2. The highest BCUT2D eigenvalue weighted by atomic mass is 16.5. The Hall–Kier alpha value is -1.14. The minimum absolute atomic E-state index is 0.162. The Bertz CT molecular complexity index is 451. The highest BCUT2D eigenvalue weighted by molar-refractivity contribution is 5.79. The third-order valence-electron chi connectivity index (χ3n) is 6.21. The summed E-state index contributed by atoms with van der Waals surface area (Å²) in [5.41, 5.74) is 0. The number of amides is 2. The molecule has 2 heterocycles. The van der Waals surface area contributed by atoms with Crippen LogP contribution in [0.3, 0.4) is 0 Å². The lowest BCUT2D eigenvalue weighted by Crippen LogP contribution is -2.43. The van der Waals surface area contributed by atoms with Crippen molar-refractivity contribution in [3.05, 3.63) is 0 Å². The molecule has 3 rings (SSSR count). The molecule has 1 saturated carbocycles. The Morgan fingerprint density at radius 3 is 2.31 bits per heavy atom. The third kappa shape index (κ3) is 5.95. The van der Waals surface area contributed by atoms with Crippen molar-refractivity contribution in [1.29, 1.82) is 0 Å². The van der Waals surface area contributed by atoms with Gasteiger partial charge in [0.2, 0.25) is 11.8 Å². The molecule has 0 aromatic heterocycles. The molecule has 2 aliphatic heterocycles. The predicted molar refractivity (Wildman–Crippen MR) is 101 cm³/mol. The molecule has 2 saturated heterocycles. The topological polar surface area (TPSA) is 61.9 Å². The van der Waals surface area contributed by atoms with Gasteiger partial charge in [0.1, 0.15) is 0 Å². The molecule has 6 heteroatoms. The second kappa shape index (κ2) is 10.3. The molecule has 1 aliphatic carbocycles. The van der Waals surface area contributed by atoms with Crippen molar-refractivity contribution in [3.8, 4) is 0 Å². The Morgan fingerprint density at radius 2 is 1.62 bits per heavy atom. The number of piperidine rings is 1. The Morgan fingerprint density at radius 1 is 0.923 bits per heavy atom. The normalized spacial score (nSPS) is 23.8. The molecule has 0 aromatic rings. The first-order valence-electron chi connectivity index (χ1n) is 10.6. The molecule has 0 bridgehead atoms. The zero-order valence-corrected chi connectivity index (χ0v) is 16.1. The first-order chi connectivity index (χ1) is 12.7. The maximum Gasteiger partial charge on any atom is 0.225 e. The van der Waals surface area contributed by atoms with E-state index >= 15 is 0 Å². The lowest BCUT2D eigenvalue weighted by atomic mass is 9.87. The molecule has 0 radical (unpaired) electrons. The summed E-state index contributed by atoms with van der Waals surface area (Å²) in [6.45, 7) is 6.81. The van der Waals surface area contributed by atoms with Gasteiger partial charge in [0.15, 0.2) is 0 Å². The maximum atomic E-state index is 12.6. The van der Waals surface area contributed by atoms with Gasteiger partial charge >= 0.3 is 0 Å². The Labute approximate surface area is 157 Å². The lowest BCUT2D eigenvalue weighted by Gasteiger charge is -2.35. The van der Waals surface area contributed by atoms with Crippen LogP contribution in [0.25, 0.3) is 0 Å². The van der Waals surface area contributed by atoms with Crippen molar-refractivity contribution in [2.24, 2.45) is 11.8 Å². The molecule has 0 atom stereocenters. The van der Waals surface area contributed by atoms with Crippen molar-refractivity contribution < 1.29 is 14.3 Å². The lowest BCUT2D eigenvalue weighted by molar-refractivity contribution is -0.138. The van der Waals surface area contributed by atoms with Crippen molar-refractivity contribution in [3.63, 3.8) is 0 Å². The molecule has 6 nitrogen and oxygen atoms in total. The molecule has 0 aromatic carbocycles. The van der Waals surface area contributed by atoms with Gasteiger partial charge in [-0.2, -0.15) is 0 Å². The van der Waals surface area contributed by atoms with E-state index in [4.69, 9.17) is 4.74 Å². The summed E-state index contributed by atoms with van der Waals surface area (Å²) in [5, 5.41) is 3.06. The summed E-state index contributed by atoms with van der Waals surface area (Å²) < 4.78 is 5.33. The van der Waals surface area contributed by atoms with Gasteiger partial charge in [-0.3, -0.25) is 14.5 Å². The van der Waals surface area contributed by atoms with Crippen LogP contribution in [0.1, 0.15) is 51.4 Å². The van der Waals surface area contributed by atoms with Gasteiger partial charge in [-0.25, -0.2) is 0 Å². The Balaban J connectivity index is 1.29. The van der Waals surface area contributed by atoms with E-state index in [0.29, 0.717) is 18.2 Å². The first-order valence-corrected chi connectivity index (χ1v) is 10.6. The van der Waals surface area contributed by atoms with Crippen LogP contribution in [0, 0.1) is 11.8 Å². The fourth-order valence-corrected chi connectivity index (χ4v) is 4.48. The number of likely N-dealkylation sites (tertiary alicyclic amines) is 1. The average Bonchev–Trinajstić information content (AvgIpc) is 2.69. The van der Waals surface area contributed by atoms with E-state index in [1.54, 1.807) is 0 Å². The van der Waals surface area contributed by atoms with E-state index < -0.39 is 0 Å². The third-order valence-corrected chi connectivity index (χ3v) is 6.21. The van der Waals surface area contributed by atoms with Gasteiger partial charge in [0, 0.05) is 51.6 Å². The maximum absolute atomic E-state index is 12.6. The quantitative estimate of drug-likeness (QED) is 0.777. The highest BCUT2D eigenvalue weighted by Crippen LogP contribution is 2.28. The van der Waals surface area contributed by atoms with Crippen molar-refractivity contribution in [2.45, 2.75) is 51.4 Å². The number of nitrogens with one attached hydrogen (secondary N) is 1. The number of nitrogens with zero attached hydrogens (tertiary/aromatic N) is 2. The summed E-state index contributed by atoms with van der Waals surface area (Å²) in [7, 11) is 0. The fourth-order valence-electron chi connectivity index (χ4n) is 4.48. The molecule has 0 unspecified atom stereocenters. The Kier molecular flexibility index (Phi) is 7.74. The predicted octanol–water partition coefficient (Wildman–Crippen LogP) is 1.64. The monoisotopic (exact) mass is 365 g/mol. The van der Waals surface area contributed by atoms with Gasteiger partial charge in [0.05, 0.1) is 13.2 Å². The number of carbonyl (C=O) groups excluding carboxylic acids is 2. The molecular formula is C20H35N3O3. The summed E-state index contributed by atoms with van der Waals surface area (Å²) in [6.07, 6.45) is 8.38. The number of hydrogen-bond donors (Lipinski definition) is 1. The molecule has 1 N–H and O–H groups in total. The molecule has 3 fully saturated rings. The van der Waals surface area contributed by atoms with Gasteiger partial charge in [0.25, 0.3) is 0 Å². The van der Waals surface area contributed by atoms with E-state index in [1.807, 2.05) is 0 Å². The van der Waals surface area contributed by atoms with E-state index in [0.717, 1.165) is 78.2 Å². The fraction of sp³-hybridized carbons (Fsp3) is 0.900. The summed E-state index contributed by atoms with van der Waals surface area (Å²) in [5.74, 6) is 1.23. The second-order valence-corrected chi connectivity index (χ2v) is 8.11. The molecule has 26 heavy (non-hydrogen) atoms. The van der Waals surface area contributed by atoms with Gasteiger partial charge in [-0.15, -0.1) is 0 Å². The first kappa shape index (κ1) is 19.6. The zero-order valence-electron chi connectivity index (χ0n) is 16.1. The molecule has 3 aliphatic rings. The molecule has 2 amide bonds. The summed E-state index contributed by atoms with van der Waals surface area (Å²) in [6, 6.07) is 0. The largest absolute Gasteiger partial charge is 0.379 e. The van der Waals surface area contributed by atoms with Crippen LogP contribution < -0.4 is 5.32 Å². The summed E-state index contributed by atoms with van der Waals surface area (Å²) >= 11 is 0. The highest BCUT2D eigenvalue weighted by Gasteiger charge is 2.29. The summed E-state index contributed by atoms with van der Waals surface area (Å²) in [4.78, 5) is 29.2. The average molecular weight is 366 g/mol. The SMILES string of the molecule is O=C(CC1CCN(C(=O)C2CCCCC2)CC1)NCCN1CCOCC1. The van der Waals surface area contributed by atoms with Crippen molar-refractivity contribution in [2.75, 3.05) is 52.5 Å². The number of morpholine rings is 1. The van der Waals surface area contributed by atoms with Gasteiger partial charge < -0.3 is 15.0 Å². The van der Waals surface area contributed by atoms with Crippen LogP contribution in [0.2, 0.25) is 0 Å². The second-order valence-electron chi connectivity index (χ2n) is 8.11. The van der Waals surface area contributed by atoms with Crippen LogP contribution >= 0.6 is 0 Å². The van der Waals surface area contributed by atoms with Crippen LogP contribution in [0.5, 0.6) is 0 Å². The number of hydrogen-bond acceptors (Lipinski definition) is 4. The van der Waals surface area contributed by atoms with Crippen LogP contribution in [0.15, 0.2) is 0 Å². The zero-order chi connectivity index (χ0) is 18.2. The molecular weight excluding hydrogens is 330 g/mol. The smallest absolute Gasteiger partial charge is 0.225 e. The standard InChI is InChI=1S/C20H35N3O3/c24-19(21-8-11-22-12-14-26-15-13-22)16-17-6-9-23(10-7-17)20(25)18-4-2-1-3-5-18/h17-18H,1-16H2,(H,21,24). The number of ether oxygens (including phenoxy) is 1. The van der Waals surface area contributed by atoms with Gasteiger partial charge in [-0.1, -0.05) is 19.3 Å². The van der Waals surface area contributed by atoms with Crippen LogP contribution in [-0.4, -0.2) is 74.1 Å². The number of rotatable bonds is 6. The van der Waals surface area contributed by atoms with Crippen LogP contribution in [0.4, 0.5) is 0 Å².